The summed E-state index contributed by atoms with van der Waals surface area (Å²) in [5.74, 6) is 0.651. The molecule has 2 aromatic rings. The highest BCUT2D eigenvalue weighted by molar-refractivity contribution is 6.31. The van der Waals surface area contributed by atoms with Gasteiger partial charge < -0.3 is 4.57 Å². The topological polar surface area (TPSA) is 17.8 Å². The minimum atomic E-state index is -0.393. The molecule has 1 aromatic heterocycles. The van der Waals surface area contributed by atoms with E-state index in [0.717, 1.165) is 30.7 Å². The lowest BCUT2D eigenvalue weighted by molar-refractivity contribution is 0.629. The molecule has 3 rings (SSSR count). The van der Waals surface area contributed by atoms with Gasteiger partial charge >= 0.3 is 0 Å². The zero-order valence-electron chi connectivity index (χ0n) is 7.43. The molecule has 0 saturated heterocycles. The third-order valence-corrected chi connectivity index (χ3v) is 2.94. The van der Waals surface area contributed by atoms with Crippen LogP contribution in [0.2, 0.25) is 5.02 Å². The lowest BCUT2D eigenvalue weighted by Crippen LogP contribution is -1.91. The first-order chi connectivity index (χ1) is 6.75. The lowest BCUT2D eigenvalue weighted by Gasteiger charge is -1.99. The van der Waals surface area contributed by atoms with Crippen molar-refractivity contribution in [3.63, 3.8) is 0 Å². The highest BCUT2D eigenvalue weighted by Gasteiger charge is 2.17. The molecule has 0 N–H and O–H groups in total. The zero-order chi connectivity index (χ0) is 9.71. The molecular formula is C10H8ClFN2. The first-order valence-corrected chi connectivity index (χ1v) is 4.97. The second kappa shape index (κ2) is 2.70. The Morgan fingerprint density at radius 1 is 1.43 bits per heavy atom. The van der Waals surface area contributed by atoms with Crippen LogP contribution in [0, 0.1) is 5.82 Å². The van der Waals surface area contributed by atoms with E-state index in [2.05, 4.69) is 9.55 Å². The van der Waals surface area contributed by atoms with Gasteiger partial charge in [0.15, 0.2) is 0 Å². The van der Waals surface area contributed by atoms with Crippen LogP contribution in [0.1, 0.15) is 12.2 Å². The molecule has 0 unspecified atom stereocenters. The van der Waals surface area contributed by atoms with E-state index >= 15 is 0 Å². The number of nitrogens with zero attached hydrogens (tertiary/aromatic N) is 2. The molecule has 1 aliphatic heterocycles. The summed E-state index contributed by atoms with van der Waals surface area (Å²) in [6.45, 7) is 0.966. The van der Waals surface area contributed by atoms with E-state index in [1.54, 1.807) is 6.07 Å². The zero-order valence-corrected chi connectivity index (χ0v) is 8.18. The Morgan fingerprint density at radius 2 is 2.29 bits per heavy atom. The van der Waals surface area contributed by atoms with Gasteiger partial charge in [0.1, 0.15) is 11.6 Å². The second-order valence-corrected chi connectivity index (χ2v) is 3.95. The third kappa shape index (κ3) is 0.989. The summed E-state index contributed by atoms with van der Waals surface area (Å²) in [7, 11) is 0. The first kappa shape index (κ1) is 8.24. The van der Waals surface area contributed by atoms with Gasteiger partial charge in [-0.15, -0.1) is 0 Å². The largest absolute Gasteiger partial charge is 0.328 e. The summed E-state index contributed by atoms with van der Waals surface area (Å²) in [6, 6.07) is 3.07. The summed E-state index contributed by atoms with van der Waals surface area (Å²) >= 11 is 5.73. The quantitative estimate of drug-likeness (QED) is 0.654. The van der Waals surface area contributed by atoms with Gasteiger partial charge in [-0.05, 0) is 12.5 Å². The number of hydrogen-bond acceptors (Lipinski definition) is 1. The Kier molecular flexibility index (Phi) is 1.59. The van der Waals surface area contributed by atoms with Gasteiger partial charge in [0.25, 0.3) is 0 Å². The summed E-state index contributed by atoms with van der Waals surface area (Å²) in [5.41, 5.74) is 1.66. The predicted molar refractivity (Wildman–Crippen MR) is 53.0 cm³/mol. The predicted octanol–water partition coefficient (Wildman–Crippen LogP) is 2.78. The van der Waals surface area contributed by atoms with Gasteiger partial charge in [-0.1, -0.05) is 11.6 Å². The van der Waals surface area contributed by atoms with E-state index < -0.39 is 5.82 Å². The highest BCUT2D eigenvalue weighted by Crippen LogP contribution is 2.27. The Morgan fingerprint density at radius 3 is 3.14 bits per heavy atom. The van der Waals surface area contributed by atoms with E-state index in [9.17, 15) is 4.39 Å². The van der Waals surface area contributed by atoms with Gasteiger partial charge in [0.2, 0.25) is 0 Å². The Hall–Kier alpha value is -1.09. The lowest BCUT2D eigenvalue weighted by atomic mass is 10.3. The number of rotatable bonds is 0. The van der Waals surface area contributed by atoms with Crippen molar-refractivity contribution in [2.75, 3.05) is 0 Å². The Labute approximate surface area is 85.3 Å². The second-order valence-electron chi connectivity index (χ2n) is 3.54. The van der Waals surface area contributed by atoms with Crippen molar-refractivity contribution in [1.29, 1.82) is 0 Å². The van der Waals surface area contributed by atoms with Crippen molar-refractivity contribution in [1.82, 2.24) is 9.55 Å². The fourth-order valence-electron chi connectivity index (χ4n) is 2.01. The molecule has 0 amide bonds. The van der Waals surface area contributed by atoms with E-state index in [4.69, 9.17) is 11.6 Å². The van der Waals surface area contributed by atoms with E-state index in [1.807, 2.05) is 0 Å². The SMILES string of the molecule is Fc1cc2nc3n(c2cc1Cl)CCC3. The van der Waals surface area contributed by atoms with Crippen molar-refractivity contribution in [2.45, 2.75) is 19.4 Å². The molecule has 0 saturated carbocycles. The number of aryl methyl sites for hydroxylation is 2. The number of hydrogen-bond donors (Lipinski definition) is 0. The minimum Gasteiger partial charge on any atom is -0.328 e. The van der Waals surface area contributed by atoms with Gasteiger partial charge in [-0.2, -0.15) is 0 Å². The number of aromatic nitrogens is 2. The maximum atomic E-state index is 13.1. The van der Waals surface area contributed by atoms with Crippen LogP contribution in [-0.4, -0.2) is 9.55 Å². The monoisotopic (exact) mass is 210 g/mol. The minimum absolute atomic E-state index is 0.173. The van der Waals surface area contributed by atoms with Crippen LogP contribution in [0.5, 0.6) is 0 Å². The molecule has 4 heteroatoms. The van der Waals surface area contributed by atoms with Crippen molar-refractivity contribution >= 4 is 22.6 Å². The molecule has 1 aliphatic rings. The van der Waals surface area contributed by atoms with E-state index in [-0.39, 0.29) is 5.02 Å². The van der Waals surface area contributed by atoms with E-state index in [0.29, 0.717) is 5.52 Å². The average Bonchev–Trinajstić information content (AvgIpc) is 2.68. The average molecular weight is 211 g/mol. The van der Waals surface area contributed by atoms with Crippen molar-refractivity contribution in [3.8, 4) is 0 Å². The van der Waals surface area contributed by atoms with Crippen molar-refractivity contribution in [2.24, 2.45) is 0 Å². The molecule has 2 heterocycles. The number of imidazole rings is 1. The number of benzene rings is 1. The number of halogens is 2. The van der Waals surface area contributed by atoms with Crippen molar-refractivity contribution in [3.05, 3.63) is 28.8 Å². The molecule has 0 spiro atoms. The molecule has 1 aromatic carbocycles. The summed E-state index contributed by atoms with van der Waals surface area (Å²) < 4.78 is 15.2. The van der Waals surface area contributed by atoms with Crippen LogP contribution in [0.3, 0.4) is 0 Å². The standard InChI is InChI=1S/C10H8ClFN2/c11-6-4-9-8(5-7(6)12)13-10-2-1-3-14(9)10/h4-5H,1-3H2. The van der Waals surface area contributed by atoms with Crippen molar-refractivity contribution < 1.29 is 4.39 Å². The van der Waals surface area contributed by atoms with Crippen LogP contribution in [0.4, 0.5) is 4.39 Å². The maximum Gasteiger partial charge on any atom is 0.144 e. The van der Waals surface area contributed by atoms with Crippen LogP contribution < -0.4 is 0 Å². The van der Waals surface area contributed by atoms with Crippen LogP contribution >= 0.6 is 11.6 Å². The van der Waals surface area contributed by atoms with Gasteiger partial charge in [-0.3, -0.25) is 0 Å². The molecule has 0 bridgehead atoms. The fourth-order valence-corrected chi connectivity index (χ4v) is 2.16. The normalized spacial score (nSPS) is 15.0. The van der Waals surface area contributed by atoms with Gasteiger partial charge in [0, 0.05) is 19.0 Å². The number of fused-ring (bicyclic) bond motifs is 3. The fraction of sp³-hybridized carbons (Fsp3) is 0.300. The van der Waals surface area contributed by atoms with Crippen LogP contribution in [0.25, 0.3) is 11.0 Å². The first-order valence-electron chi connectivity index (χ1n) is 4.60. The summed E-state index contributed by atoms with van der Waals surface area (Å²) in [5, 5.41) is 0.173. The smallest absolute Gasteiger partial charge is 0.144 e. The molecule has 14 heavy (non-hydrogen) atoms. The molecule has 0 atom stereocenters. The highest BCUT2D eigenvalue weighted by atomic mass is 35.5. The van der Waals surface area contributed by atoms with Crippen LogP contribution in [0.15, 0.2) is 12.1 Å². The molecular weight excluding hydrogens is 203 g/mol. The summed E-state index contributed by atoms with van der Waals surface area (Å²) in [4.78, 5) is 4.36. The van der Waals surface area contributed by atoms with Gasteiger partial charge in [0.05, 0.1) is 16.1 Å². The molecule has 0 radical (unpaired) electrons. The van der Waals surface area contributed by atoms with Gasteiger partial charge in [-0.25, -0.2) is 9.37 Å². The molecule has 0 aliphatic carbocycles. The Bertz CT molecular complexity index is 518. The molecule has 2 nitrogen and oxygen atoms in total. The summed E-state index contributed by atoms with van der Waals surface area (Å²) in [6.07, 6.45) is 2.10. The Balaban J connectivity index is 2.39. The van der Waals surface area contributed by atoms with Crippen LogP contribution in [-0.2, 0) is 13.0 Å². The van der Waals surface area contributed by atoms with E-state index in [1.165, 1.54) is 6.07 Å². The molecule has 0 fully saturated rings. The third-order valence-electron chi connectivity index (χ3n) is 2.65. The maximum absolute atomic E-state index is 13.1. The molecule has 72 valence electrons.